The Balaban J connectivity index is 2.08. The molecule has 5 nitrogen and oxygen atoms in total. The number of likely N-dealkylation sites (tertiary alicyclic amines) is 1. The van der Waals surface area contributed by atoms with Crippen molar-refractivity contribution < 1.29 is 9.53 Å². The molecule has 1 amide bonds. The van der Waals surface area contributed by atoms with Gasteiger partial charge in [0.05, 0.1) is 17.9 Å². The molecule has 0 spiro atoms. The van der Waals surface area contributed by atoms with E-state index in [1.54, 1.807) is 7.11 Å². The maximum absolute atomic E-state index is 12.5. The highest BCUT2D eigenvalue weighted by Crippen LogP contribution is 2.26. The van der Waals surface area contributed by atoms with E-state index in [0.717, 1.165) is 24.3 Å². The number of aryl methyl sites for hydroxylation is 1. The number of piperidine rings is 1. The maximum Gasteiger partial charge on any atom is 0.233 e. The SMILES string of the molecule is COCc1cc(C)nc(SCC(=O)N2C[C@H](C)C[C@@H](C)C2)c1C#N. The molecule has 0 aromatic carbocycles. The number of hydrogen-bond acceptors (Lipinski definition) is 5. The fourth-order valence-corrected chi connectivity index (χ4v) is 4.26. The molecule has 0 radical (unpaired) electrons. The number of amides is 1. The van der Waals surface area contributed by atoms with E-state index in [0.29, 0.717) is 34.8 Å². The van der Waals surface area contributed by atoms with Gasteiger partial charge in [0.25, 0.3) is 0 Å². The van der Waals surface area contributed by atoms with Crippen LogP contribution in [0.25, 0.3) is 0 Å². The predicted octanol–water partition coefficient (Wildman–Crippen LogP) is 3.00. The van der Waals surface area contributed by atoms with Gasteiger partial charge in [-0.3, -0.25) is 4.79 Å². The van der Waals surface area contributed by atoms with E-state index in [-0.39, 0.29) is 5.91 Å². The number of pyridine rings is 1. The van der Waals surface area contributed by atoms with Crippen LogP contribution in [0.1, 0.15) is 37.1 Å². The number of nitriles is 1. The zero-order chi connectivity index (χ0) is 17.7. The monoisotopic (exact) mass is 347 g/mol. The summed E-state index contributed by atoms with van der Waals surface area (Å²) in [5.74, 6) is 1.53. The molecule has 1 saturated heterocycles. The highest BCUT2D eigenvalue weighted by Gasteiger charge is 2.25. The van der Waals surface area contributed by atoms with E-state index in [2.05, 4.69) is 24.9 Å². The topological polar surface area (TPSA) is 66.2 Å². The third-order valence-corrected chi connectivity index (χ3v) is 5.12. The van der Waals surface area contributed by atoms with Gasteiger partial charge in [-0.25, -0.2) is 4.98 Å². The van der Waals surface area contributed by atoms with Crippen LogP contribution >= 0.6 is 11.8 Å². The van der Waals surface area contributed by atoms with Crippen molar-refractivity contribution in [1.82, 2.24) is 9.88 Å². The molecule has 130 valence electrons. The molecule has 1 aromatic rings. The van der Waals surface area contributed by atoms with Crippen LogP contribution in [0.15, 0.2) is 11.1 Å². The van der Waals surface area contributed by atoms with Gasteiger partial charge in [-0.15, -0.1) is 0 Å². The summed E-state index contributed by atoms with van der Waals surface area (Å²) < 4.78 is 5.16. The Bertz CT molecular complexity index is 632. The van der Waals surface area contributed by atoms with Gasteiger partial charge in [0, 0.05) is 25.9 Å². The minimum Gasteiger partial charge on any atom is -0.380 e. The maximum atomic E-state index is 12.5. The van der Waals surface area contributed by atoms with Crippen LogP contribution in [0, 0.1) is 30.1 Å². The van der Waals surface area contributed by atoms with Crippen LogP contribution in [0.2, 0.25) is 0 Å². The standard InChI is InChI=1S/C18H25N3O2S/c1-12-5-13(2)9-21(8-12)17(22)11-24-18-16(7-19)15(10-23-4)6-14(3)20-18/h6,12-13H,5,8-11H2,1-4H3/t12-,13-/m1/s1. The summed E-state index contributed by atoms with van der Waals surface area (Å²) in [4.78, 5) is 18.9. The van der Waals surface area contributed by atoms with Crippen molar-refractivity contribution in [1.29, 1.82) is 5.26 Å². The predicted molar refractivity (Wildman–Crippen MR) is 94.7 cm³/mol. The Morgan fingerprint density at radius 3 is 2.71 bits per heavy atom. The minimum absolute atomic E-state index is 0.124. The lowest BCUT2D eigenvalue weighted by atomic mass is 9.92. The highest BCUT2D eigenvalue weighted by molar-refractivity contribution is 8.00. The zero-order valence-corrected chi connectivity index (χ0v) is 15.7. The van der Waals surface area contributed by atoms with E-state index in [1.165, 1.54) is 18.2 Å². The number of carbonyl (C=O) groups excluding carboxylic acids is 1. The fourth-order valence-electron chi connectivity index (χ4n) is 3.29. The molecule has 1 aromatic heterocycles. The molecule has 6 heteroatoms. The lowest BCUT2D eigenvalue weighted by molar-refractivity contribution is -0.130. The molecule has 24 heavy (non-hydrogen) atoms. The molecule has 1 aliphatic heterocycles. The number of rotatable bonds is 5. The number of nitrogens with zero attached hydrogens (tertiary/aromatic N) is 3. The molecule has 0 N–H and O–H groups in total. The molecular formula is C18H25N3O2S. The van der Waals surface area contributed by atoms with Crippen molar-refractivity contribution in [3.8, 4) is 6.07 Å². The third kappa shape index (κ3) is 4.71. The van der Waals surface area contributed by atoms with Crippen molar-refractivity contribution in [3.05, 3.63) is 22.9 Å². The first-order valence-corrected chi connectivity index (χ1v) is 9.23. The Morgan fingerprint density at radius 2 is 2.12 bits per heavy atom. The van der Waals surface area contributed by atoms with Gasteiger partial charge < -0.3 is 9.64 Å². The Kier molecular flexibility index (Phi) is 6.64. The van der Waals surface area contributed by atoms with Gasteiger partial charge >= 0.3 is 0 Å². The van der Waals surface area contributed by atoms with E-state index in [9.17, 15) is 10.1 Å². The van der Waals surface area contributed by atoms with Gasteiger partial charge in [-0.2, -0.15) is 5.26 Å². The van der Waals surface area contributed by atoms with Crippen molar-refractivity contribution >= 4 is 17.7 Å². The molecule has 2 heterocycles. The Morgan fingerprint density at radius 1 is 1.46 bits per heavy atom. The van der Waals surface area contributed by atoms with Crippen LogP contribution in [-0.4, -0.2) is 41.7 Å². The van der Waals surface area contributed by atoms with Gasteiger partial charge in [-0.1, -0.05) is 25.6 Å². The molecule has 2 atom stereocenters. The van der Waals surface area contributed by atoms with Crippen LogP contribution in [-0.2, 0) is 16.1 Å². The van der Waals surface area contributed by atoms with Gasteiger partial charge in [0.1, 0.15) is 11.1 Å². The van der Waals surface area contributed by atoms with Crippen molar-refractivity contribution in [3.63, 3.8) is 0 Å². The molecule has 0 saturated carbocycles. The number of hydrogen-bond donors (Lipinski definition) is 0. The largest absolute Gasteiger partial charge is 0.380 e. The lowest BCUT2D eigenvalue weighted by Gasteiger charge is -2.35. The van der Waals surface area contributed by atoms with Crippen LogP contribution < -0.4 is 0 Å². The van der Waals surface area contributed by atoms with Gasteiger partial charge in [0.2, 0.25) is 5.91 Å². The molecule has 1 aliphatic rings. The Labute approximate surface area is 148 Å². The van der Waals surface area contributed by atoms with E-state index >= 15 is 0 Å². The van der Waals surface area contributed by atoms with Gasteiger partial charge in [-0.05, 0) is 36.8 Å². The first-order valence-electron chi connectivity index (χ1n) is 8.24. The smallest absolute Gasteiger partial charge is 0.233 e. The van der Waals surface area contributed by atoms with Crippen LogP contribution in [0.5, 0.6) is 0 Å². The molecule has 0 aliphatic carbocycles. The first-order chi connectivity index (χ1) is 11.4. The van der Waals surface area contributed by atoms with Gasteiger partial charge in [0.15, 0.2) is 0 Å². The first kappa shape index (κ1) is 18.8. The average molecular weight is 347 g/mol. The number of aromatic nitrogens is 1. The number of methoxy groups -OCH3 is 1. The van der Waals surface area contributed by atoms with Crippen LogP contribution in [0.4, 0.5) is 0 Å². The van der Waals surface area contributed by atoms with E-state index < -0.39 is 0 Å². The summed E-state index contributed by atoms with van der Waals surface area (Å²) in [6.07, 6.45) is 1.18. The average Bonchev–Trinajstić information content (AvgIpc) is 2.51. The third-order valence-electron chi connectivity index (χ3n) is 4.16. The molecular weight excluding hydrogens is 322 g/mol. The minimum atomic E-state index is 0.124. The second-order valence-corrected chi connectivity index (χ2v) is 7.65. The highest BCUT2D eigenvalue weighted by atomic mass is 32.2. The second kappa shape index (κ2) is 8.50. The van der Waals surface area contributed by atoms with Crippen molar-refractivity contribution in [2.75, 3.05) is 26.0 Å². The summed E-state index contributed by atoms with van der Waals surface area (Å²) in [5, 5.41) is 10.1. The summed E-state index contributed by atoms with van der Waals surface area (Å²) >= 11 is 1.35. The van der Waals surface area contributed by atoms with E-state index in [1.807, 2.05) is 17.9 Å². The number of thioether (sulfide) groups is 1. The summed E-state index contributed by atoms with van der Waals surface area (Å²) in [7, 11) is 1.60. The molecule has 2 rings (SSSR count). The summed E-state index contributed by atoms with van der Waals surface area (Å²) in [6, 6.07) is 4.07. The quantitative estimate of drug-likeness (QED) is 0.766. The normalized spacial score (nSPS) is 20.7. The molecule has 0 bridgehead atoms. The zero-order valence-electron chi connectivity index (χ0n) is 14.8. The summed E-state index contributed by atoms with van der Waals surface area (Å²) in [6.45, 7) is 8.29. The molecule has 0 unspecified atom stereocenters. The van der Waals surface area contributed by atoms with E-state index in [4.69, 9.17) is 4.74 Å². The molecule has 1 fully saturated rings. The number of ether oxygens (including phenoxy) is 1. The summed E-state index contributed by atoms with van der Waals surface area (Å²) in [5.41, 5.74) is 2.17. The second-order valence-electron chi connectivity index (χ2n) is 6.68. The Hall–Kier alpha value is -1.58. The van der Waals surface area contributed by atoms with Crippen LogP contribution in [0.3, 0.4) is 0 Å². The van der Waals surface area contributed by atoms with Crippen molar-refractivity contribution in [2.24, 2.45) is 11.8 Å². The van der Waals surface area contributed by atoms with Crippen molar-refractivity contribution in [2.45, 2.75) is 38.8 Å². The number of carbonyl (C=O) groups is 1. The lowest BCUT2D eigenvalue weighted by Crippen LogP contribution is -2.43. The fraction of sp³-hybridized carbons (Fsp3) is 0.611.